The first-order valence-electron chi connectivity index (χ1n) is 13.2. The number of nitrogens with zero attached hydrogens (tertiary/aromatic N) is 1. The maximum absolute atomic E-state index is 12.5. The van der Waals surface area contributed by atoms with Crippen molar-refractivity contribution in [1.82, 2.24) is 10.2 Å². The second-order valence-corrected chi connectivity index (χ2v) is 14.9. The zero-order valence-electron chi connectivity index (χ0n) is 23.6. The van der Waals surface area contributed by atoms with Crippen LogP contribution in [0.15, 0.2) is 41.4 Å². The van der Waals surface area contributed by atoms with E-state index in [-0.39, 0.29) is 4.90 Å². The van der Waals surface area contributed by atoms with Gasteiger partial charge in [0.1, 0.15) is 42.7 Å². The molecule has 2 amide bonds. The lowest BCUT2D eigenvalue weighted by molar-refractivity contribution is -0.279. The van der Waals surface area contributed by atoms with E-state index in [1.54, 1.807) is 6.92 Å². The Morgan fingerprint density at radius 3 is 2.15 bits per heavy atom. The number of phosphoric acid groups is 2. The van der Waals surface area contributed by atoms with Gasteiger partial charge in [0.2, 0.25) is 0 Å². The van der Waals surface area contributed by atoms with Crippen LogP contribution in [0.1, 0.15) is 5.56 Å². The molecule has 1 aromatic carbocycles. The van der Waals surface area contributed by atoms with Crippen LogP contribution >= 0.6 is 15.6 Å². The molecule has 7 unspecified atom stereocenters. The largest absolute Gasteiger partial charge is 0.483 e. The predicted octanol–water partition coefficient (Wildman–Crippen LogP) is -2.97. The first-order chi connectivity index (χ1) is 21.3. The monoisotopic (exact) mass is 721 g/mol. The van der Waals surface area contributed by atoms with Gasteiger partial charge >= 0.3 is 21.7 Å². The SMILES string of the molecule is Cc1ccc(S(=O)(=O)OCC2O[C@H](OP(=O)(O)OP(=O)(O)OCC3OC(N4C=CC(N)NC4=O)[C@H](O)[C@@H]3O)C(O)[C@@H](O)[C@H]2O)cc1. The van der Waals surface area contributed by atoms with Crippen molar-refractivity contribution in [3.63, 3.8) is 0 Å². The van der Waals surface area contributed by atoms with E-state index in [4.69, 9.17) is 19.4 Å². The molecule has 4 rings (SSSR count). The normalized spacial score (nSPS) is 36.2. The van der Waals surface area contributed by atoms with E-state index in [0.717, 1.165) is 10.5 Å². The van der Waals surface area contributed by atoms with Crippen LogP contribution in [0.25, 0.3) is 0 Å². The van der Waals surface area contributed by atoms with Gasteiger partial charge in [-0.25, -0.2) is 13.9 Å². The molecule has 3 heterocycles. The highest BCUT2D eigenvalue weighted by Gasteiger charge is 2.51. The Balaban J connectivity index is 1.34. The average Bonchev–Trinajstić information content (AvgIpc) is 3.24. The summed E-state index contributed by atoms with van der Waals surface area (Å²) in [5.41, 5.74) is 6.29. The van der Waals surface area contributed by atoms with E-state index in [1.165, 1.54) is 36.5 Å². The molecule has 12 atom stereocenters. The molecule has 3 aliphatic rings. The fourth-order valence-electron chi connectivity index (χ4n) is 4.36. The number of carbonyl (C=O) groups excluding carboxylic acids is 1. The lowest BCUT2D eigenvalue weighted by Crippen LogP contribution is -2.59. The highest BCUT2D eigenvalue weighted by atomic mass is 32.2. The topological polar surface area (TPSA) is 324 Å². The Morgan fingerprint density at radius 2 is 1.52 bits per heavy atom. The minimum Gasteiger partial charge on any atom is -0.387 e. The van der Waals surface area contributed by atoms with Crippen LogP contribution in [-0.4, -0.2) is 129 Å². The van der Waals surface area contributed by atoms with Gasteiger partial charge in [-0.3, -0.25) is 18.1 Å². The molecule has 10 N–H and O–H groups in total. The molecule has 46 heavy (non-hydrogen) atoms. The number of nitrogens with one attached hydrogen (secondary N) is 1. The van der Waals surface area contributed by atoms with Crippen LogP contribution in [0.2, 0.25) is 0 Å². The minimum atomic E-state index is -5.74. The Kier molecular flexibility index (Phi) is 11.5. The Morgan fingerprint density at radius 1 is 0.913 bits per heavy atom. The number of phosphoric ester groups is 2. The van der Waals surface area contributed by atoms with Gasteiger partial charge in [-0.1, -0.05) is 17.7 Å². The van der Waals surface area contributed by atoms with Crippen molar-refractivity contribution >= 4 is 31.8 Å². The maximum Gasteiger partial charge on any atom is 0.483 e. The molecule has 1 aromatic rings. The van der Waals surface area contributed by atoms with Gasteiger partial charge in [-0.05, 0) is 25.1 Å². The predicted molar refractivity (Wildman–Crippen MR) is 147 cm³/mol. The fraction of sp³-hybridized carbons (Fsp3) is 0.591. The zero-order chi connectivity index (χ0) is 34.2. The number of aliphatic hydroxyl groups excluding tert-OH is 5. The third-order valence-electron chi connectivity index (χ3n) is 6.80. The molecule has 2 saturated heterocycles. The van der Waals surface area contributed by atoms with E-state index in [9.17, 15) is 57.7 Å². The third kappa shape index (κ3) is 8.75. The number of aliphatic hydroxyl groups is 5. The first kappa shape index (κ1) is 36.9. The number of ether oxygens (including phenoxy) is 2. The molecule has 0 radical (unpaired) electrons. The van der Waals surface area contributed by atoms with Crippen molar-refractivity contribution in [2.75, 3.05) is 13.2 Å². The van der Waals surface area contributed by atoms with Gasteiger partial charge in [-0.2, -0.15) is 12.7 Å². The lowest BCUT2D eigenvalue weighted by Gasteiger charge is -2.40. The summed E-state index contributed by atoms with van der Waals surface area (Å²) in [7, 11) is -15.7. The van der Waals surface area contributed by atoms with Crippen molar-refractivity contribution in [2.45, 2.75) is 73.2 Å². The molecular weight excluding hydrogens is 688 g/mol. The van der Waals surface area contributed by atoms with Crippen LogP contribution in [0, 0.1) is 6.92 Å². The number of amides is 2. The molecule has 3 aliphatic heterocycles. The molecule has 24 heteroatoms. The molecule has 0 aromatic heterocycles. The van der Waals surface area contributed by atoms with E-state index < -0.39 is 106 Å². The standard InChI is InChI=1S/C22H33N3O18P2S/c1-10-2-4-11(5-3-10)46(36,37)39-9-13-15(26)17(28)19(30)21(41-13)42-45(34,35)43-44(32,33)38-8-12-16(27)18(29)20(40-12)25-7-6-14(23)24-22(25)31/h2-7,12-21,26-30H,8-9,23H2,1H3,(H,24,31)(H,32,33)(H,34,35)/t12?,13?,14?,15-,16+,17-,18+,19?,20?,21+/m0/s1. The number of benzene rings is 1. The van der Waals surface area contributed by atoms with Crippen LogP contribution in [0.5, 0.6) is 0 Å². The first-order valence-corrected chi connectivity index (χ1v) is 17.6. The zero-order valence-corrected chi connectivity index (χ0v) is 26.2. The van der Waals surface area contributed by atoms with E-state index >= 15 is 0 Å². The van der Waals surface area contributed by atoms with Gasteiger partial charge in [0.15, 0.2) is 12.5 Å². The summed E-state index contributed by atoms with van der Waals surface area (Å²) in [5.74, 6) is 0. The minimum absolute atomic E-state index is 0.261. The maximum atomic E-state index is 12.5. The number of urea groups is 1. The summed E-state index contributed by atoms with van der Waals surface area (Å²) < 4.78 is 78.6. The summed E-state index contributed by atoms with van der Waals surface area (Å²) in [6.45, 7) is -0.301. The average molecular weight is 722 g/mol. The van der Waals surface area contributed by atoms with Crippen LogP contribution in [-0.2, 0) is 46.3 Å². The number of nitrogens with two attached hydrogens (primary N) is 1. The number of hydrogen-bond acceptors (Lipinski definition) is 17. The molecule has 2 fully saturated rings. The van der Waals surface area contributed by atoms with Crippen LogP contribution in [0.3, 0.4) is 0 Å². The highest BCUT2D eigenvalue weighted by molar-refractivity contribution is 7.86. The van der Waals surface area contributed by atoms with Gasteiger partial charge in [-0.15, -0.1) is 0 Å². The Bertz CT molecular complexity index is 1480. The van der Waals surface area contributed by atoms with Crippen LogP contribution in [0.4, 0.5) is 4.79 Å². The van der Waals surface area contributed by atoms with Gasteiger partial charge in [0.25, 0.3) is 10.1 Å². The third-order valence-corrected chi connectivity index (χ3v) is 10.7. The van der Waals surface area contributed by atoms with E-state index in [2.05, 4.69) is 18.7 Å². The van der Waals surface area contributed by atoms with Crippen molar-refractivity contribution in [1.29, 1.82) is 0 Å². The number of carbonyl (C=O) groups is 1. The lowest BCUT2D eigenvalue weighted by atomic mass is 10.00. The smallest absolute Gasteiger partial charge is 0.387 e. The number of rotatable bonds is 12. The molecule has 0 spiro atoms. The molecular formula is C22H33N3O18P2S. The van der Waals surface area contributed by atoms with Gasteiger partial charge < -0.3 is 55.8 Å². The number of hydrogen-bond donors (Lipinski definition) is 9. The summed E-state index contributed by atoms with van der Waals surface area (Å²) in [6.07, 6.45) is -15.5. The van der Waals surface area contributed by atoms with Crippen LogP contribution < -0.4 is 11.1 Å². The van der Waals surface area contributed by atoms with Crippen molar-refractivity contribution in [3.8, 4) is 0 Å². The number of aryl methyl sites for hydroxylation is 1. The second kappa shape index (κ2) is 14.3. The van der Waals surface area contributed by atoms with E-state index in [0.29, 0.717) is 0 Å². The molecule has 0 aliphatic carbocycles. The Hall–Kier alpha value is -1.92. The molecule has 0 bridgehead atoms. The van der Waals surface area contributed by atoms with Crippen molar-refractivity contribution < 1.29 is 84.7 Å². The second-order valence-electron chi connectivity index (χ2n) is 10.3. The van der Waals surface area contributed by atoms with Gasteiger partial charge in [0, 0.05) is 6.20 Å². The summed E-state index contributed by atoms with van der Waals surface area (Å²) in [6, 6.07) is 4.65. The summed E-state index contributed by atoms with van der Waals surface area (Å²) >= 11 is 0. The molecule has 21 nitrogen and oxygen atoms in total. The van der Waals surface area contributed by atoms with Gasteiger partial charge in [0.05, 0.1) is 24.3 Å². The van der Waals surface area contributed by atoms with Crippen molar-refractivity contribution in [2.24, 2.45) is 5.73 Å². The van der Waals surface area contributed by atoms with E-state index in [1.807, 2.05) is 0 Å². The molecule has 0 saturated carbocycles. The highest BCUT2D eigenvalue weighted by Crippen LogP contribution is 2.61. The Labute approximate surface area is 261 Å². The van der Waals surface area contributed by atoms with Crippen molar-refractivity contribution in [3.05, 3.63) is 42.1 Å². The molecule has 260 valence electrons. The summed E-state index contributed by atoms with van der Waals surface area (Å²) in [5, 5.41) is 53.5. The fourth-order valence-corrected chi connectivity index (χ4v) is 7.44. The quantitative estimate of drug-likeness (QED) is 0.0768. The summed E-state index contributed by atoms with van der Waals surface area (Å²) in [4.78, 5) is 32.8.